The first-order valence-corrected chi connectivity index (χ1v) is 6.64. The Morgan fingerprint density at radius 2 is 2.00 bits per heavy atom. The number of hydrogen-bond acceptors (Lipinski definition) is 3. The summed E-state index contributed by atoms with van der Waals surface area (Å²) in [7, 11) is 0. The molecule has 0 aliphatic rings. The van der Waals surface area contributed by atoms with Crippen LogP contribution in [0.15, 0.2) is 18.3 Å². The van der Waals surface area contributed by atoms with Gasteiger partial charge < -0.3 is 5.32 Å². The highest BCUT2D eigenvalue weighted by Gasteiger charge is 2.08. The molecule has 4 heteroatoms. The van der Waals surface area contributed by atoms with Crippen molar-refractivity contribution in [3.8, 4) is 0 Å². The molecule has 2 aromatic heterocycles. The van der Waals surface area contributed by atoms with Crippen LogP contribution in [0.1, 0.15) is 39.2 Å². The predicted octanol–water partition coefficient (Wildman–Crippen LogP) is 3.27. The van der Waals surface area contributed by atoms with E-state index >= 15 is 0 Å². The Labute approximate surface area is 108 Å². The van der Waals surface area contributed by atoms with Crippen LogP contribution >= 0.6 is 0 Å². The molecule has 98 valence electrons. The van der Waals surface area contributed by atoms with E-state index in [2.05, 4.69) is 49.2 Å². The van der Waals surface area contributed by atoms with Crippen molar-refractivity contribution >= 4 is 11.6 Å². The van der Waals surface area contributed by atoms with Crippen molar-refractivity contribution in [1.82, 2.24) is 14.6 Å². The molecule has 0 aliphatic heterocycles. The Morgan fingerprint density at radius 3 is 2.72 bits per heavy atom. The molecule has 0 aliphatic carbocycles. The van der Waals surface area contributed by atoms with E-state index < -0.39 is 0 Å². The average Bonchev–Trinajstić information content (AvgIpc) is 2.67. The fourth-order valence-corrected chi connectivity index (χ4v) is 1.92. The molecule has 0 spiro atoms. The zero-order chi connectivity index (χ0) is 13.1. The third-order valence-electron chi connectivity index (χ3n) is 3.03. The lowest BCUT2D eigenvalue weighted by Crippen LogP contribution is -2.16. The summed E-state index contributed by atoms with van der Waals surface area (Å²) >= 11 is 0. The highest BCUT2D eigenvalue weighted by molar-refractivity contribution is 5.44. The lowest BCUT2D eigenvalue weighted by atomic mass is 10.0. The molecule has 0 aromatic carbocycles. The summed E-state index contributed by atoms with van der Waals surface area (Å²) in [4.78, 5) is 4.46. The second-order valence-electron chi connectivity index (χ2n) is 5.46. The first kappa shape index (κ1) is 12.9. The summed E-state index contributed by atoms with van der Waals surface area (Å²) in [5, 5.41) is 7.80. The molecule has 2 aromatic rings. The van der Waals surface area contributed by atoms with Gasteiger partial charge in [0, 0.05) is 12.2 Å². The first-order chi connectivity index (χ1) is 8.54. The van der Waals surface area contributed by atoms with Crippen LogP contribution in [0, 0.1) is 12.8 Å². The molecule has 1 atom stereocenters. The molecule has 2 heterocycles. The van der Waals surface area contributed by atoms with Crippen molar-refractivity contribution in [3.63, 3.8) is 0 Å². The van der Waals surface area contributed by atoms with Gasteiger partial charge in [-0.3, -0.25) is 0 Å². The van der Waals surface area contributed by atoms with Crippen molar-refractivity contribution in [3.05, 3.63) is 23.9 Å². The van der Waals surface area contributed by atoms with Gasteiger partial charge in [0.2, 0.25) is 5.95 Å². The van der Waals surface area contributed by atoms with Gasteiger partial charge in [0.15, 0.2) is 5.65 Å². The van der Waals surface area contributed by atoms with Gasteiger partial charge in [0.05, 0.1) is 0 Å². The molecule has 0 radical (unpaired) electrons. The maximum atomic E-state index is 4.46. The minimum absolute atomic E-state index is 0.408. The van der Waals surface area contributed by atoms with Crippen molar-refractivity contribution in [2.45, 2.75) is 46.6 Å². The number of rotatable bonds is 5. The van der Waals surface area contributed by atoms with Gasteiger partial charge in [-0.15, -0.1) is 5.10 Å². The first-order valence-electron chi connectivity index (χ1n) is 6.64. The van der Waals surface area contributed by atoms with E-state index in [1.807, 2.05) is 16.8 Å². The van der Waals surface area contributed by atoms with E-state index in [-0.39, 0.29) is 0 Å². The Hall–Kier alpha value is -1.58. The van der Waals surface area contributed by atoms with Crippen molar-refractivity contribution in [2.75, 3.05) is 5.32 Å². The quantitative estimate of drug-likeness (QED) is 0.880. The lowest BCUT2D eigenvalue weighted by molar-refractivity contribution is 0.526. The zero-order valence-corrected chi connectivity index (χ0v) is 11.6. The fraction of sp³-hybridized carbons (Fsp3) is 0.571. The number of hydrogen-bond donors (Lipinski definition) is 1. The molecule has 2 rings (SSSR count). The minimum Gasteiger partial charge on any atom is -0.350 e. The standard InChI is InChI=1S/C14H22N4/c1-10(2)5-7-12(4)15-14-16-13-8-6-11(3)9-18(13)17-14/h6,8-10,12H,5,7H2,1-4H3,(H,15,17). The Morgan fingerprint density at radius 1 is 1.22 bits per heavy atom. The Bertz CT molecular complexity index is 515. The number of aryl methyl sites for hydroxylation is 1. The Balaban J connectivity index is 2.03. The van der Waals surface area contributed by atoms with Crippen LogP contribution in [-0.4, -0.2) is 20.6 Å². The maximum Gasteiger partial charge on any atom is 0.243 e. The van der Waals surface area contributed by atoms with Crippen molar-refractivity contribution in [1.29, 1.82) is 0 Å². The van der Waals surface area contributed by atoms with Crippen LogP contribution in [0.5, 0.6) is 0 Å². The van der Waals surface area contributed by atoms with Crippen LogP contribution in [0.25, 0.3) is 5.65 Å². The molecular weight excluding hydrogens is 224 g/mol. The van der Waals surface area contributed by atoms with Gasteiger partial charge >= 0.3 is 0 Å². The molecule has 0 bridgehead atoms. The van der Waals surface area contributed by atoms with Crippen LogP contribution < -0.4 is 5.32 Å². The molecule has 0 amide bonds. The number of anilines is 1. The van der Waals surface area contributed by atoms with Crippen LogP contribution in [0.4, 0.5) is 5.95 Å². The summed E-state index contributed by atoms with van der Waals surface area (Å²) in [6.07, 6.45) is 4.36. The largest absolute Gasteiger partial charge is 0.350 e. The molecular formula is C14H22N4. The van der Waals surface area contributed by atoms with Crippen molar-refractivity contribution in [2.24, 2.45) is 5.92 Å². The van der Waals surface area contributed by atoms with E-state index in [1.165, 1.54) is 12.0 Å². The Kier molecular flexibility index (Phi) is 3.84. The number of nitrogens with zero attached hydrogens (tertiary/aromatic N) is 3. The molecule has 0 saturated heterocycles. The predicted molar refractivity (Wildman–Crippen MR) is 74.9 cm³/mol. The normalized spacial score (nSPS) is 13.2. The number of pyridine rings is 1. The molecule has 1 N–H and O–H groups in total. The van der Waals surface area contributed by atoms with Gasteiger partial charge in [0.25, 0.3) is 0 Å². The molecule has 1 unspecified atom stereocenters. The van der Waals surface area contributed by atoms with E-state index in [0.29, 0.717) is 6.04 Å². The summed E-state index contributed by atoms with van der Waals surface area (Å²) in [6.45, 7) is 8.73. The third-order valence-corrected chi connectivity index (χ3v) is 3.03. The van der Waals surface area contributed by atoms with Gasteiger partial charge in [0.1, 0.15) is 0 Å². The van der Waals surface area contributed by atoms with Crippen LogP contribution in [0.3, 0.4) is 0 Å². The summed E-state index contributed by atoms with van der Waals surface area (Å²) in [5.41, 5.74) is 2.07. The zero-order valence-electron chi connectivity index (χ0n) is 11.6. The van der Waals surface area contributed by atoms with Gasteiger partial charge in [-0.1, -0.05) is 19.9 Å². The number of fused-ring (bicyclic) bond motifs is 1. The SMILES string of the molecule is Cc1ccc2nc(NC(C)CCC(C)C)nn2c1. The highest BCUT2D eigenvalue weighted by atomic mass is 15.3. The van der Waals surface area contributed by atoms with Gasteiger partial charge in [-0.05, 0) is 44.2 Å². The lowest BCUT2D eigenvalue weighted by Gasteiger charge is -2.13. The second-order valence-corrected chi connectivity index (χ2v) is 5.46. The van der Waals surface area contributed by atoms with E-state index in [4.69, 9.17) is 0 Å². The fourth-order valence-electron chi connectivity index (χ4n) is 1.92. The minimum atomic E-state index is 0.408. The molecule has 0 fully saturated rings. The summed E-state index contributed by atoms with van der Waals surface area (Å²) in [5.74, 6) is 1.46. The summed E-state index contributed by atoms with van der Waals surface area (Å²) in [6, 6.07) is 4.45. The molecule has 18 heavy (non-hydrogen) atoms. The molecule has 0 saturated carbocycles. The number of aromatic nitrogens is 3. The topological polar surface area (TPSA) is 42.2 Å². The summed E-state index contributed by atoms with van der Waals surface area (Å²) < 4.78 is 1.83. The van der Waals surface area contributed by atoms with E-state index in [1.54, 1.807) is 0 Å². The van der Waals surface area contributed by atoms with Gasteiger partial charge in [-0.2, -0.15) is 4.98 Å². The van der Waals surface area contributed by atoms with E-state index in [9.17, 15) is 0 Å². The smallest absolute Gasteiger partial charge is 0.243 e. The second kappa shape index (κ2) is 5.38. The monoisotopic (exact) mass is 246 g/mol. The van der Waals surface area contributed by atoms with E-state index in [0.717, 1.165) is 23.9 Å². The van der Waals surface area contributed by atoms with Crippen LogP contribution in [-0.2, 0) is 0 Å². The average molecular weight is 246 g/mol. The number of nitrogens with one attached hydrogen (secondary N) is 1. The van der Waals surface area contributed by atoms with Crippen molar-refractivity contribution < 1.29 is 0 Å². The maximum absolute atomic E-state index is 4.46. The molecule has 4 nitrogen and oxygen atoms in total. The van der Waals surface area contributed by atoms with Gasteiger partial charge in [-0.25, -0.2) is 4.52 Å². The third kappa shape index (κ3) is 3.22. The van der Waals surface area contributed by atoms with Crippen LogP contribution in [0.2, 0.25) is 0 Å². The highest BCUT2D eigenvalue weighted by Crippen LogP contribution is 2.12.